The predicted octanol–water partition coefficient (Wildman–Crippen LogP) is 17.1. The van der Waals surface area contributed by atoms with E-state index in [0.29, 0.717) is 0 Å². The predicted molar refractivity (Wildman–Crippen MR) is 276 cm³/mol. The van der Waals surface area contributed by atoms with Crippen LogP contribution in [-0.4, -0.2) is 9.78 Å². The Morgan fingerprint density at radius 3 is 1.29 bits per heavy atom. The highest BCUT2D eigenvalue weighted by Crippen LogP contribution is 2.51. The lowest BCUT2D eigenvalue weighted by Gasteiger charge is -2.21. The third-order valence-electron chi connectivity index (χ3n) is 13.3. The lowest BCUT2D eigenvalue weighted by atomic mass is 9.82. The maximum Gasteiger partial charge on any atom is 0.101 e. The zero-order chi connectivity index (χ0) is 42.8. The minimum absolute atomic E-state index is 0.956. The smallest absolute Gasteiger partial charge is 0.101 e. The average Bonchev–Trinajstić information content (AvgIpc) is 3.79. The number of aromatic nitrogens is 2. The molecule has 0 bridgehead atoms. The van der Waals surface area contributed by atoms with Crippen molar-refractivity contribution in [1.29, 1.82) is 0 Å². The molecule has 0 atom stereocenters. The van der Waals surface area contributed by atoms with Crippen LogP contribution in [0.15, 0.2) is 243 Å². The van der Waals surface area contributed by atoms with Crippen molar-refractivity contribution < 1.29 is 0 Å². The summed E-state index contributed by atoms with van der Waals surface area (Å²) in [6.45, 7) is 0. The van der Waals surface area contributed by atoms with Crippen LogP contribution in [0.2, 0.25) is 0 Å². The highest BCUT2D eigenvalue weighted by atomic mass is 15.3. The van der Waals surface area contributed by atoms with Crippen molar-refractivity contribution in [3.63, 3.8) is 0 Å². The van der Waals surface area contributed by atoms with Gasteiger partial charge in [-0.1, -0.05) is 212 Å². The molecule has 0 spiro atoms. The summed E-state index contributed by atoms with van der Waals surface area (Å²) in [5, 5.41) is 18.8. The average molecular weight is 825 g/mol. The van der Waals surface area contributed by atoms with Crippen molar-refractivity contribution in [3.05, 3.63) is 243 Å². The van der Waals surface area contributed by atoms with Crippen molar-refractivity contribution >= 4 is 64.8 Å². The molecule has 0 aliphatic heterocycles. The van der Waals surface area contributed by atoms with Gasteiger partial charge in [0.05, 0.1) is 11.2 Å². The molecule has 302 valence electrons. The first-order valence-corrected chi connectivity index (χ1v) is 22.4. The molecule has 0 unspecified atom stereocenters. The second-order valence-corrected chi connectivity index (χ2v) is 17.0. The standard InChI is InChI=1S/C63H40N2/c1-4-20-43(21-5-1)60-59(53-30-16-17-31-55(53)63-61(60)62(44-22-6-2-7-23-44)64-65(63)50-26-8-3-9-27-50)49-36-37-54-56(40-49)58(48-35-33-42-19-11-13-25-46(42)39-48)52-29-15-14-28-51(52)57(54)47-34-32-41-18-10-12-24-45(41)38-47/h1-40H. The number of para-hydroxylation sites is 1. The molecule has 0 fully saturated rings. The fourth-order valence-electron chi connectivity index (χ4n) is 10.5. The first-order valence-electron chi connectivity index (χ1n) is 22.4. The maximum absolute atomic E-state index is 5.55. The van der Waals surface area contributed by atoms with Crippen LogP contribution in [0.1, 0.15) is 0 Å². The minimum atomic E-state index is 0.956. The van der Waals surface area contributed by atoms with E-state index in [4.69, 9.17) is 5.10 Å². The van der Waals surface area contributed by atoms with Crippen LogP contribution >= 0.6 is 0 Å². The Kier molecular flexibility index (Phi) is 8.57. The Labute approximate surface area is 376 Å². The lowest BCUT2D eigenvalue weighted by molar-refractivity contribution is 0.918. The molecule has 1 aromatic heterocycles. The Hall–Kier alpha value is -8.59. The molecule has 0 aliphatic carbocycles. The van der Waals surface area contributed by atoms with E-state index >= 15 is 0 Å². The normalized spacial score (nSPS) is 11.7. The fraction of sp³-hybridized carbons (Fsp3) is 0. The molecule has 13 rings (SSSR count). The Morgan fingerprint density at radius 1 is 0.262 bits per heavy atom. The molecule has 65 heavy (non-hydrogen) atoms. The number of fused-ring (bicyclic) bond motifs is 7. The van der Waals surface area contributed by atoms with Crippen LogP contribution in [0, 0.1) is 0 Å². The van der Waals surface area contributed by atoms with Crippen LogP contribution in [0.4, 0.5) is 0 Å². The lowest BCUT2D eigenvalue weighted by Crippen LogP contribution is -1.98. The SMILES string of the molecule is c1ccc(-c2nn(-c3ccccc3)c3c2c(-c2ccccc2)c(-c2ccc4c(-c5ccc6ccccc6c5)c5ccccc5c(-c5ccc6ccccc6c5)c4c2)c2ccccc23)cc1. The topological polar surface area (TPSA) is 17.8 Å². The summed E-state index contributed by atoms with van der Waals surface area (Å²) in [5.74, 6) is 0. The van der Waals surface area contributed by atoms with E-state index in [-0.39, 0.29) is 0 Å². The van der Waals surface area contributed by atoms with Gasteiger partial charge in [0, 0.05) is 21.9 Å². The van der Waals surface area contributed by atoms with E-state index in [0.717, 1.165) is 44.4 Å². The zero-order valence-electron chi connectivity index (χ0n) is 35.5. The highest BCUT2D eigenvalue weighted by molar-refractivity contribution is 6.26. The van der Waals surface area contributed by atoms with Gasteiger partial charge in [-0.05, 0) is 118 Å². The molecule has 13 aromatic rings. The van der Waals surface area contributed by atoms with E-state index in [1.54, 1.807) is 0 Å². The molecule has 0 saturated heterocycles. The van der Waals surface area contributed by atoms with Crippen LogP contribution in [0.3, 0.4) is 0 Å². The first kappa shape index (κ1) is 37.0. The van der Waals surface area contributed by atoms with E-state index in [1.807, 2.05) is 0 Å². The summed E-state index contributed by atoms with van der Waals surface area (Å²) in [5.41, 5.74) is 13.7. The molecular formula is C63H40N2. The van der Waals surface area contributed by atoms with Gasteiger partial charge < -0.3 is 0 Å². The number of hydrogen-bond acceptors (Lipinski definition) is 1. The van der Waals surface area contributed by atoms with E-state index in [1.165, 1.54) is 81.9 Å². The molecule has 1 heterocycles. The number of benzene rings is 12. The van der Waals surface area contributed by atoms with Crippen LogP contribution in [0.5, 0.6) is 0 Å². The first-order chi connectivity index (χ1) is 32.3. The van der Waals surface area contributed by atoms with Crippen molar-refractivity contribution in [1.82, 2.24) is 9.78 Å². The second-order valence-electron chi connectivity index (χ2n) is 17.0. The molecular weight excluding hydrogens is 785 g/mol. The molecule has 0 amide bonds. The quantitative estimate of drug-likeness (QED) is 0.153. The van der Waals surface area contributed by atoms with Gasteiger partial charge in [-0.2, -0.15) is 5.10 Å². The molecule has 2 heteroatoms. The zero-order valence-corrected chi connectivity index (χ0v) is 35.5. The molecule has 0 radical (unpaired) electrons. The van der Waals surface area contributed by atoms with Crippen LogP contribution in [-0.2, 0) is 0 Å². The summed E-state index contributed by atoms with van der Waals surface area (Å²) >= 11 is 0. The molecule has 0 saturated carbocycles. The maximum atomic E-state index is 5.55. The number of nitrogens with zero attached hydrogens (tertiary/aromatic N) is 2. The third-order valence-corrected chi connectivity index (χ3v) is 13.3. The van der Waals surface area contributed by atoms with E-state index in [2.05, 4.69) is 247 Å². The second kappa shape index (κ2) is 15.0. The van der Waals surface area contributed by atoms with Crippen LogP contribution < -0.4 is 0 Å². The molecule has 0 aliphatic rings. The van der Waals surface area contributed by atoms with Crippen molar-refractivity contribution in [2.75, 3.05) is 0 Å². The van der Waals surface area contributed by atoms with Gasteiger partial charge in [0.2, 0.25) is 0 Å². The largest absolute Gasteiger partial charge is 0.232 e. The summed E-state index contributed by atoms with van der Waals surface area (Å²) in [6, 6.07) is 88.6. The van der Waals surface area contributed by atoms with Gasteiger partial charge in [0.25, 0.3) is 0 Å². The fourth-order valence-corrected chi connectivity index (χ4v) is 10.5. The summed E-state index contributed by atoms with van der Waals surface area (Å²) in [4.78, 5) is 0. The van der Waals surface area contributed by atoms with Gasteiger partial charge in [0.1, 0.15) is 5.69 Å². The summed E-state index contributed by atoms with van der Waals surface area (Å²) in [6.07, 6.45) is 0. The Balaban J connectivity index is 1.20. The minimum Gasteiger partial charge on any atom is -0.232 e. The van der Waals surface area contributed by atoms with Crippen molar-refractivity contribution in [2.24, 2.45) is 0 Å². The van der Waals surface area contributed by atoms with Gasteiger partial charge >= 0.3 is 0 Å². The van der Waals surface area contributed by atoms with Gasteiger partial charge in [-0.15, -0.1) is 0 Å². The summed E-state index contributed by atoms with van der Waals surface area (Å²) < 4.78 is 2.16. The number of hydrogen-bond donors (Lipinski definition) is 0. The molecule has 12 aromatic carbocycles. The van der Waals surface area contributed by atoms with E-state index in [9.17, 15) is 0 Å². The van der Waals surface area contributed by atoms with Crippen molar-refractivity contribution in [2.45, 2.75) is 0 Å². The van der Waals surface area contributed by atoms with Gasteiger partial charge in [-0.25, -0.2) is 4.68 Å². The van der Waals surface area contributed by atoms with Gasteiger partial charge in [0.15, 0.2) is 0 Å². The van der Waals surface area contributed by atoms with Crippen LogP contribution in [0.25, 0.3) is 126 Å². The molecule has 0 N–H and O–H groups in total. The Morgan fingerprint density at radius 2 is 0.692 bits per heavy atom. The summed E-state index contributed by atoms with van der Waals surface area (Å²) in [7, 11) is 0. The number of rotatable bonds is 6. The monoisotopic (exact) mass is 824 g/mol. The third kappa shape index (κ3) is 5.99. The van der Waals surface area contributed by atoms with Gasteiger partial charge in [-0.3, -0.25) is 0 Å². The van der Waals surface area contributed by atoms with Crippen molar-refractivity contribution in [3.8, 4) is 61.5 Å². The highest BCUT2D eigenvalue weighted by Gasteiger charge is 2.26. The van der Waals surface area contributed by atoms with E-state index < -0.39 is 0 Å². The Bertz CT molecular complexity index is 3980. The molecule has 2 nitrogen and oxygen atoms in total.